The molecule has 0 aliphatic heterocycles. The number of thiazole rings is 1. The van der Waals surface area contributed by atoms with E-state index in [1.54, 1.807) is 19.2 Å². The van der Waals surface area contributed by atoms with Gasteiger partial charge in [-0.2, -0.15) is 0 Å². The Hall–Kier alpha value is -0.243. The Kier molecular flexibility index (Phi) is 4.62. The molecule has 0 saturated carbocycles. The van der Waals surface area contributed by atoms with E-state index in [4.69, 9.17) is 0 Å². The average molecular weight is 336 g/mol. The first-order valence-electron chi connectivity index (χ1n) is 6.58. The van der Waals surface area contributed by atoms with Crippen molar-refractivity contribution in [3.63, 3.8) is 0 Å². The lowest BCUT2D eigenvalue weighted by atomic mass is 10.1. The molecule has 0 amide bonds. The second-order valence-electron chi connectivity index (χ2n) is 7.45. The first-order valence-corrected chi connectivity index (χ1v) is 12.3. The van der Waals surface area contributed by atoms with Gasteiger partial charge in [-0.25, -0.2) is 13.4 Å². The van der Waals surface area contributed by atoms with Crippen LogP contribution in [0.5, 0.6) is 0 Å². The summed E-state index contributed by atoms with van der Waals surface area (Å²) in [6.07, 6.45) is 0. The standard InChI is InChI=1S/C13H25NO3S2Si/c1-12(2,3)20(6,7)9-19(16,17)11-14-10(8-18-11)13(4,5)15/h8,15H,9H2,1-7H3. The molecule has 1 heterocycles. The van der Waals surface area contributed by atoms with Crippen LogP contribution in [0.2, 0.25) is 18.1 Å². The number of aromatic nitrogens is 1. The van der Waals surface area contributed by atoms with Gasteiger partial charge < -0.3 is 5.11 Å². The smallest absolute Gasteiger partial charge is 0.209 e. The van der Waals surface area contributed by atoms with Crippen LogP contribution >= 0.6 is 11.3 Å². The van der Waals surface area contributed by atoms with Crippen molar-refractivity contribution in [2.45, 2.75) is 62.7 Å². The molecule has 1 aromatic rings. The highest BCUT2D eigenvalue weighted by atomic mass is 32.2. The predicted octanol–water partition coefficient (Wildman–Crippen LogP) is 3.19. The summed E-state index contributed by atoms with van der Waals surface area (Å²) in [6, 6.07) is 0. The maximum Gasteiger partial charge on any atom is 0.209 e. The maximum absolute atomic E-state index is 12.5. The topological polar surface area (TPSA) is 67.3 Å². The fourth-order valence-electron chi connectivity index (χ4n) is 1.43. The highest BCUT2D eigenvalue weighted by molar-refractivity contribution is 7.95. The lowest BCUT2D eigenvalue weighted by Crippen LogP contribution is -2.44. The molecule has 1 rings (SSSR count). The van der Waals surface area contributed by atoms with E-state index in [-0.39, 0.29) is 14.8 Å². The Balaban J connectivity index is 3.10. The Morgan fingerprint density at radius 3 is 2.10 bits per heavy atom. The summed E-state index contributed by atoms with van der Waals surface area (Å²) >= 11 is 1.10. The van der Waals surface area contributed by atoms with E-state index in [2.05, 4.69) is 38.8 Å². The summed E-state index contributed by atoms with van der Waals surface area (Å²) in [6.45, 7) is 13.7. The van der Waals surface area contributed by atoms with Crippen LogP contribution in [-0.2, 0) is 15.4 Å². The van der Waals surface area contributed by atoms with Crippen molar-refractivity contribution in [2.24, 2.45) is 0 Å². The molecule has 0 aliphatic rings. The highest BCUT2D eigenvalue weighted by Gasteiger charge is 2.40. The minimum Gasteiger partial charge on any atom is -0.384 e. The van der Waals surface area contributed by atoms with Crippen LogP contribution in [0.1, 0.15) is 40.3 Å². The molecule has 7 heteroatoms. The van der Waals surface area contributed by atoms with Gasteiger partial charge in [0.05, 0.1) is 19.1 Å². The largest absolute Gasteiger partial charge is 0.384 e. The number of rotatable bonds is 4. The molecular weight excluding hydrogens is 310 g/mol. The SMILES string of the molecule is CC(C)(O)c1csc(S(=O)(=O)C[Si](C)(C)C(C)(C)C)n1. The third-order valence-electron chi connectivity index (χ3n) is 3.96. The Morgan fingerprint density at radius 2 is 1.75 bits per heavy atom. The van der Waals surface area contributed by atoms with E-state index in [0.717, 1.165) is 11.3 Å². The second kappa shape index (κ2) is 5.19. The molecule has 0 bridgehead atoms. The average Bonchev–Trinajstić information content (AvgIpc) is 2.61. The van der Waals surface area contributed by atoms with Gasteiger partial charge in [0, 0.05) is 5.38 Å². The summed E-state index contributed by atoms with van der Waals surface area (Å²) in [7, 11) is -5.33. The summed E-state index contributed by atoms with van der Waals surface area (Å²) in [5.41, 5.74) is -0.697. The van der Waals surface area contributed by atoms with Gasteiger partial charge in [0.15, 0.2) is 0 Å². The van der Waals surface area contributed by atoms with Gasteiger partial charge in [-0.05, 0) is 18.9 Å². The zero-order valence-electron chi connectivity index (χ0n) is 13.3. The molecule has 1 aromatic heterocycles. The molecule has 0 spiro atoms. The molecule has 1 N–H and O–H groups in total. The van der Waals surface area contributed by atoms with Crippen LogP contribution < -0.4 is 0 Å². The van der Waals surface area contributed by atoms with Crippen LogP contribution in [0.25, 0.3) is 0 Å². The lowest BCUT2D eigenvalue weighted by molar-refractivity contribution is 0.0741. The number of hydrogen-bond donors (Lipinski definition) is 1. The van der Waals surface area contributed by atoms with Crippen molar-refractivity contribution in [3.8, 4) is 0 Å². The maximum atomic E-state index is 12.5. The van der Waals surface area contributed by atoms with Gasteiger partial charge in [0.2, 0.25) is 14.2 Å². The zero-order chi connectivity index (χ0) is 16.0. The quantitative estimate of drug-likeness (QED) is 0.858. The van der Waals surface area contributed by atoms with Crippen LogP contribution in [-0.4, -0.2) is 32.0 Å². The minimum absolute atomic E-state index is 0.0103. The van der Waals surface area contributed by atoms with Gasteiger partial charge >= 0.3 is 0 Å². The fraction of sp³-hybridized carbons (Fsp3) is 0.769. The van der Waals surface area contributed by atoms with Crippen LogP contribution in [0.3, 0.4) is 0 Å². The van der Waals surface area contributed by atoms with Crippen LogP contribution in [0.4, 0.5) is 0 Å². The second-order valence-corrected chi connectivity index (χ2v) is 16.6. The number of sulfone groups is 1. The molecule has 0 aromatic carbocycles. The number of hydrogen-bond acceptors (Lipinski definition) is 5. The van der Waals surface area contributed by atoms with Gasteiger partial charge in [-0.15, -0.1) is 11.3 Å². The third kappa shape index (κ3) is 3.90. The van der Waals surface area contributed by atoms with E-state index in [1.807, 2.05) is 0 Å². The van der Waals surface area contributed by atoms with Crippen molar-refractivity contribution in [2.75, 3.05) is 5.38 Å². The van der Waals surface area contributed by atoms with E-state index in [1.165, 1.54) is 0 Å². The van der Waals surface area contributed by atoms with Crippen LogP contribution in [0, 0.1) is 0 Å². The van der Waals surface area contributed by atoms with Crippen molar-refractivity contribution in [1.29, 1.82) is 0 Å². The summed E-state index contributed by atoms with van der Waals surface area (Å²) < 4.78 is 25.2. The van der Waals surface area contributed by atoms with Crippen LogP contribution in [0.15, 0.2) is 9.72 Å². The third-order valence-corrected chi connectivity index (χ3v) is 14.7. The number of aliphatic hydroxyl groups is 1. The first-order chi connectivity index (χ1) is 8.67. The molecule has 4 nitrogen and oxygen atoms in total. The van der Waals surface area contributed by atoms with E-state index in [0.29, 0.717) is 5.69 Å². The molecule has 0 fully saturated rings. The summed E-state index contributed by atoms with van der Waals surface area (Å²) in [5.74, 6) is 0. The summed E-state index contributed by atoms with van der Waals surface area (Å²) in [4.78, 5) is 4.12. The normalized spacial score (nSPS) is 14.6. The molecule has 0 unspecified atom stereocenters. The molecule has 0 radical (unpaired) electrons. The Morgan fingerprint density at radius 1 is 1.25 bits per heavy atom. The van der Waals surface area contributed by atoms with Gasteiger partial charge in [-0.3, -0.25) is 0 Å². The monoisotopic (exact) mass is 335 g/mol. The molecule has 116 valence electrons. The molecule has 0 aliphatic carbocycles. The van der Waals surface area contributed by atoms with E-state index in [9.17, 15) is 13.5 Å². The van der Waals surface area contributed by atoms with Gasteiger partial charge in [-0.1, -0.05) is 33.9 Å². The van der Waals surface area contributed by atoms with Crippen molar-refractivity contribution >= 4 is 29.2 Å². The lowest BCUT2D eigenvalue weighted by Gasteiger charge is -2.36. The van der Waals surface area contributed by atoms with Crippen molar-refractivity contribution in [3.05, 3.63) is 11.1 Å². The van der Waals surface area contributed by atoms with Crippen molar-refractivity contribution < 1.29 is 13.5 Å². The molecule has 20 heavy (non-hydrogen) atoms. The van der Waals surface area contributed by atoms with E-state index >= 15 is 0 Å². The first kappa shape index (κ1) is 17.8. The van der Waals surface area contributed by atoms with Gasteiger partial charge in [0.1, 0.15) is 5.60 Å². The zero-order valence-corrected chi connectivity index (χ0v) is 15.9. The van der Waals surface area contributed by atoms with E-state index < -0.39 is 23.5 Å². The minimum atomic E-state index is -3.38. The fourth-order valence-corrected chi connectivity index (χ4v) is 9.66. The predicted molar refractivity (Wildman–Crippen MR) is 86.6 cm³/mol. The molecule has 0 saturated heterocycles. The summed E-state index contributed by atoms with van der Waals surface area (Å²) in [5, 5.41) is 11.7. The molecule has 0 atom stereocenters. The Bertz CT molecular complexity index is 577. The Labute approximate surface area is 127 Å². The highest BCUT2D eigenvalue weighted by Crippen LogP contribution is 2.38. The number of nitrogens with zero attached hydrogens (tertiary/aromatic N) is 1. The van der Waals surface area contributed by atoms with Crippen molar-refractivity contribution in [1.82, 2.24) is 4.98 Å². The molecular formula is C13H25NO3S2Si. The van der Waals surface area contributed by atoms with Gasteiger partial charge in [0.25, 0.3) is 0 Å².